The lowest BCUT2D eigenvalue weighted by Gasteiger charge is -2.49. The Morgan fingerprint density at radius 1 is 1.16 bits per heavy atom. The Labute approximate surface area is 117 Å². The summed E-state index contributed by atoms with van der Waals surface area (Å²) in [5, 5.41) is 3.88. The molecule has 3 rings (SSSR count). The van der Waals surface area contributed by atoms with Crippen molar-refractivity contribution < 1.29 is 9.47 Å². The van der Waals surface area contributed by atoms with Crippen LogP contribution < -0.4 is 5.32 Å². The Bertz CT molecular complexity index is 288. The van der Waals surface area contributed by atoms with Gasteiger partial charge in [0.05, 0.1) is 5.60 Å². The molecular formula is C16H29NO2. The maximum absolute atomic E-state index is 6.21. The van der Waals surface area contributed by atoms with Crippen LogP contribution >= 0.6 is 0 Å². The van der Waals surface area contributed by atoms with E-state index in [1.807, 2.05) is 0 Å². The van der Waals surface area contributed by atoms with E-state index in [0.717, 1.165) is 38.6 Å². The van der Waals surface area contributed by atoms with Crippen molar-refractivity contribution in [3.8, 4) is 0 Å². The zero-order valence-electron chi connectivity index (χ0n) is 12.4. The quantitative estimate of drug-likeness (QED) is 0.853. The molecule has 0 bridgehead atoms. The first-order chi connectivity index (χ1) is 9.29. The van der Waals surface area contributed by atoms with Crippen LogP contribution in [0.15, 0.2) is 0 Å². The first-order valence-electron chi connectivity index (χ1n) is 8.25. The zero-order valence-corrected chi connectivity index (χ0v) is 12.4. The summed E-state index contributed by atoms with van der Waals surface area (Å²) in [6.07, 6.45) is 10.1. The van der Waals surface area contributed by atoms with E-state index in [9.17, 15) is 0 Å². The molecule has 3 fully saturated rings. The van der Waals surface area contributed by atoms with Crippen LogP contribution in [0.3, 0.4) is 0 Å². The first kappa shape index (κ1) is 13.8. The smallest absolute Gasteiger partial charge is 0.0729 e. The van der Waals surface area contributed by atoms with Crippen molar-refractivity contribution in [3.63, 3.8) is 0 Å². The van der Waals surface area contributed by atoms with Crippen molar-refractivity contribution in [2.24, 2.45) is 5.92 Å². The highest BCUT2D eigenvalue weighted by Crippen LogP contribution is 2.45. The second kappa shape index (κ2) is 5.71. The third-order valence-corrected chi connectivity index (χ3v) is 5.65. The average molecular weight is 267 g/mol. The van der Waals surface area contributed by atoms with E-state index in [2.05, 4.69) is 12.2 Å². The van der Waals surface area contributed by atoms with Crippen LogP contribution in [0.25, 0.3) is 0 Å². The molecule has 3 aliphatic rings. The van der Waals surface area contributed by atoms with Crippen molar-refractivity contribution in [2.45, 2.75) is 69.4 Å². The Morgan fingerprint density at radius 2 is 2.00 bits per heavy atom. The van der Waals surface area contributed by atoms with Gasteiger partial charge in [0.15, 0.2) is 0 Å². The number of rotatable bonds is 3. The number of hydrogen-bond donors (Lipinski definition) is 1. The monoisotopic (exact) mass is 267 g/mol. The molecule has 0 aromatic heterocycles. The van der Waals surface area contributed by atoms with Crippen molar-refractivity contribution in [3.05, 3.63) is 0 Å². The lowest BCUT2D eigenvalue weighted by atomic mass is 9.69. The SMILES string of the molecule is CCCC1(C2CCOC3(CCOCC3)C2)CCCN1. The predicted octanol–water partition coefficient (Wildman–Crippen LogP) is 2.88. The van der Waals surface area contributed by atoms with Gasteiger partial charge in [0.1, 0.15) is 0 Å². The molecule has 3 heterocycles. The van der Waals surface area contributed by atoms with Crippen LogP contribution in [0.5, 0.6) is 0 Å². The molecule has 3 nitrogen and oxygen atoms in total. The number of hydrogen-bond acceptors (Lipinski definition) is 3. The second-order valence-corrected chi connectivity index (χ2v) is 6.77. The van der Waals surface area contributed by atoms with Gasteiger partial charge >= 0.3 is 0 Å². The maximum atomic E-state index is 6.21. The Morgan fingerprint density at radius 3 is 2.68 bits per heavy atom. The van der Waals surface area contributed by atoms with Crippen LogP contribution in [0.2, 0.25) is 0 Å². The summed E-state index contributed by atoms with van der Waals surface area (Å²) in [6, 6.07) is 0. The molecule has 3 aliphatic heterocycles. The third kappa shape index (κ3) is 2.70. The number of nitrogens with one attached hydrogen (secondary N) is 1. The largest absolute Gasteiger partial charge is 0.381 e. The van der Waals surface area contributed by atoms with Crippen LogP contribution in [-0.2, 0) is 9.47 Å². The molecule has 2 atom stereocenters. The summed E-state index contributed by atoms with van der Waals surface area (Å²) in [6.45, 7) is 6.28. The fourth-order valence-electron chi connectivity index (χ4n) is 4.63. The fraction of sp³-hybridized carbons (Fsp3) is 1.00. The molecule has 0 aromatic rings. The van der Waals surface area contributed by atoms with Crippen molar-refractivity contribution in [2.75, 3.05) is 26.4 Å². The zero-order chi connectivity index (χ0) is 13.2. The minimum atomic E-state index is 0.145. The molecule has 19 heavy (non-hydrogen) atoms. The Kier molecular flexibility index (Phi) is 4.16. The predicted molar refractivity (Wildman–Crippen MR) is 76.3 cm³/mol. The first-order valence-corrected chi connectivity index (χ1v) is 8.25. The molecule has 110 valence electrons. The lowest BCUT2D eigenvalue weighted by Crippen LogP contribution is -2.54. The maximum Gasteiger partial charge on any atom is 0.0729 e. The van der Waals surface area contributed by atoms with E-state index in [1.165, 1.54) is 45.1 Å². The molecule has 2 unspecified atom stereocenters. The highest BCUT2D eigenvalue weighted by atomic mass is 16.5. The van der Waals surface area contributed by atoms with Crippen LogP contribution in [-0.4, -0.2) is 37.5 Å². The molecule has 0 aliphatic carbocycles. The molecule has 3 saturated heterocycles. The molecule has 1 N–H and O–H groups in total. The highest BCUT2D eigenvalue weighted by molar-refractivity contribution is 5.03. The molecule has 0 amide bonds. The minimum Gasteiger partial charge on any atom is -0.381 e. The molecule has 0 radical (unpaired) electrons. The number of ether oxygens (including phenoxy) is 2. The van der Waals surface area contributed by atoms with E-state index in [4.69, 9.17) is 9.47 Å². The summed E-state index contributed by atoms with van der Waals surface area (Å²) < 4.78 is 11.7. The van der Waals surface area contributed by atoms with Crippen molar-refractivity contribution in [1.29, 1.82) is 0 Å². The Balaban J connectivity index is 1.72. The van der Waals surface area contributed by atoms with Gasteiger partial charge < -0.3 is 14.8 Å². The van der Waals surface area contributed by atoms with Gasteiger partial charge in [-0.15, -0.1) is 0 Å². The van der Waals surface area contributed by atoms with Gasteiger partial charge in [-0.2, -0.15) is 0 Å². The van der Waals surface area contributed by atoms with E-state index < -0.39 is 0 Å². The van der Waals surface area contributed by atoms with Gasteiger partial charge in [0.25, 0.3) is 0 Å². The van der Waals surface area contributed by atoms with Gasteiger partial charge in [-0.1, -0.05) is 13.3 Å². The molecule has 0 saturated carbocycles. The average Bonchev–Trinajstić information content (AvgIpc) is 2.90. The minimum absolute atomic E-state index is 0.145. The Hall–Kier alpha value is -0.120. The summed E-state index contributed by atoms with van der Waals surface area (Å²) in [7, 11) is 0. The van der Waals surface area contributed by atoms with E-state index in [-0.39, 0.29) is 5.60 Å². The molecular weight excluding hydrogens is 238 g/mol. The normalized spacial score (nSPS) is 38.7. The van der Waals surface area contributed by atoms with Crippen LogP contribution in [0.4, 0.5) is 0 Å². The topological polar surface area (TPSA) is 30.5 Å². The van der Waals surface area contributed by atoms with Gasteiger partial charge in [-0.3, -0.25) is 0 Å². The summed E-state index contributed by atoms with van der Waals surface area (Å²) >= 11 is 0. The van der Waals surface area contributed by atoms with E-state index in [0.29, 0.717) is 5.54 Å². The third-order valence-electron chi connectivity index (χ3n) is 5.65. The standard InChI is InChI=1S/C16H29NO2/c1-2-5-16(6-3-9-17-16)14-4-10-19-15(13-14)7-11-18-12-8-15/h14,17H,2-13H2,1H3. The fourth-order valence-corrected chi connectivity index (χ4v) is 4.63. The highest BCUT2D eigenvalue weighted by Gasteiger charge is 2.47. The van der Waals surface area contributed by atoms with E-state index in [1.54, 1.807) is 0 Å². The summed E-state index contributed by atoms with van der Waals surface area (Å²) in [5.74, 6) is 0.807. The van der Waals surface area contributed by atoms with Gasteiger partial charge in [-0.25, -0.2) is 0 Å². The summed E-state index contributed by atoms with van der Waals surface area (Å²) in [4.78, 5) is 0. The second-order valence-electron chi connectivity index (χ2n) is 6.77. The van der Waals surface area contributed by atoms with Gasteiger partial charge in [0.2, 0.25) is 0 Å². The van der Waals surface area contributed by atoms with E-state index >= 15 is 0 Å². The van der Waals surface area contributed by atoms with Crippen molar-refractivity contribution in [1.82, 2.24) is 5.32 Å². The molecule has 3 heteroatoms. The molecule has 0 aromatic carbocycles. The van der Waals surface area contributed by atoms with Gasteiger partial charge in [0, 0.05) is 25.4 Å². The lowest BCUT2D eigenvalue weighted by molar-refractivity contribution is -0.156. The summed E-state index contributed by atoms with van der Waals surface area (Å²) in [5.41, 5.74) is 0.565. The van der Waals surface area contributed by atoms with Gasteiger partial charge in [-0.05, 0) is 57.4 Å². The molecule has 1 spiro atoms. The van der Waals surface area contributed by atoms with Crippen LogP contribution in [0, 0.1) is 5.92 Å². The van der Waals surface area contributed by atoms with Crippen molar-refractivity contribution >= 4 is 0 Å². The van der Waals surface area contributed by atoms with Crippen LogP contribution in [0.1, 0.15) is 58.3 Å².